The molecule has 2 rings (SSSR count). The third kappa shape index (κ3) is 1.56. The number of nitrogens with zero attached hydrogens (tertiary/aromatic N) is 2. The first-order chi connectivity index (χ1) is 5.81. The molecule has 3 heteroatoms. The predicted molar refractivity (Wildman–Crippen MR) is 52.2 cm³/mol. The first-order valence-corrected chi connectivity index (χ1v) is 5.33. The fourth-order valence-corrected chi connectivity index (χ4v) is 2.03. The number of hydrogen-bond acceptors (Lipinski definition) is 1. The van der Waals surface area contributed by atoms with Gasteiger partial charge in [0.2, 0.25) is 0 Å². The van der Waals surface area contributed by atoms with E-state index < -0.39 is 0 Å². The van der Waals surface area contributed by atoms with Crippen LogP contribution in [-0.4, -0.2) is 9.78 Å². The molecule has 0 radical (unpaired) electrons. The summed E-state index contributed by atoms with van der Waals surface area (Å²) in [5, 5.41) is 4.53. The van der Waals surface area contributed by atoms with Gasteiger partial charge in [-0.25, -0.2) is 0 Å². The number of rotatable bonds is 3. The molecule has 0 bridgehead atoms. The quantitative estimate of drug-likeness (QED) is 0.779. The van der Waals surface area contributed by atoms with Gasteiger partial charge >= 0.3 is 0 Å². The van der Waals surface area contributed by atoms with Crippen molar-refractivity contribution in [2.75, 3.05) is 0 Å². The Kier molecular flexibility index (Phi) is 2.22. The summed E-state index contributed by atoms with van der Waals surface area (Å²) in [4.78, 5) is 0. The van der Waals surface area contributed by atoms with Gasteiger partial charge < -0.3 is 0 Å². The third-order valence-corrected chi connectivity index (χ3v) is 2.77. The van der Waals surface area contributed by atoms with E-state index in [-0.39, 0.29) is 0 Å². The molecule has 66 valence electrons. The van der Waals surface area contributed by atoms with Crippen LogP contribution in [-0.2, 0) is 6.54 Å². The second kappa shape index (κ2) is 3.21. The van der Waals surface area contributed by atoms with E-state index in [0.717, 1.165) is 18.9 Å². The molecule has 0 aliphatic heterocycles. The second-order valence-corrected chi connectivity index (χ2v) is 4.25. The molecular formula is C9H13BrN2. The molecule has 0 spiro atoms. The van der Waals surface area contributed by atoms with Crippen molar-refractivity contribution in [1.82, 2.24) is 9.78 Å². The van der Waals surface area contributed by atoms with Crippen LogP contribution in [0.15, 0.2) is 10.7 Å². The van der Waals surface area contributed by atoms with Gasteiger partial charge in [-0.3, -0.25) is 4.68 Å². The molecule has 1 aliphatic carbocycles. The van der Waals surface area contributed by atoms with Gasteiger partial charge in [0, 0.05) is 18.7 Å². The minimum atomic E-state index is 0.748. The van der Waals surface area contributed by atoms with Crippen LogP contribution in [0.4, 0.5) is 0 Å². The van der Waals surface area contributed by atoms with Crippen molar-refractivity contribution in [3.8, 4) is 0 Å². The van der Waals surface area contributed by atoms with Crippen molar-refractivity contribution in [2.45, 2.75) is 38.6 Å². The summed E-state index contributed by atoms with van der Waals surface area (Å²) < 4.78 is 3.23. The molecule has 12 heavy (non-hydrogen) atoms. The fourth-order valence-electron chi connectivity index (χ4n) is 1.39. The van der Waals surface area contributed by atoms with Gasteiger partial charge in [0.1, 0.15) is 0 Å². The highest BCUT2D eigenvalue weighted by Gasteiger charge is 2.28. The molecule has 1 saturated carbocycles. The van der Waals surface area contributed by atoms with Crippen molar-refractivity contribution in [3.05, 3.63) is 16.4 Å². The normalized spacial score (nSPS) is 16.8. The van der Waals surface area contributed by atoms with Crippen LogP contribution < -0.4 is 0 Å². The number of aryl methyl sites for hydroxylation is 1. The summed E-state index contributed by atoms with van der Waals surface area (Å²) >= 11 is 3.54. The maximum absolute atomic E-state index is 4.53. The molecular weight excluding hydrogens is 216 g/mol. The van der Waals surface area contributed by atoms with Crippen molar-refractivity contribution >= 4 is 15.9 Å². The van der Waals surface area contributed by atoms with Gasteiger partial charge in [-0.1, -0.05) is 6.92 Å². The highest BCUT2D eigenvalue weighted by Crippen LogP contribution is 2.42. The smallest absolute Gasteiger partial charge is 0.0797 e. The molecule has 1 heterocycles. The molecule has 0 amide bonds. The Morgan fingerprint density at radius 2 is 2.42 bits per heavy atom. The Balaban J connectivity index is 2.18. The second-order valence-electron chi connectivity index (χ2n) is 3.40. The van der Waals surface area contributed by atoms with Gasteiger partial charge in [0.05, 0.1) is 10.2 Å². The number of aromatic nitrogens is 2. The summed E-state index contributed by atoms with van der Waals surface area (Å²) in [6.07, 6.45) is 5.89. The zero-order valence-corrected chi connectivity index (χ0v) is 8.84. The monoisotopic (exact) mass is 228 g/mol. The highest BCUT2D eigenvalue weighted by atomic mass is 79.9. The minimum absolute atomic E-state index is 0.748. The van der Waals surface area contributed by atoms with E-state index in [1.165, 1.54) is 23.0 Å². The largest absolute Gasteiger partial charge is 0.271 e. The van der Waals surface area contributed by atoms with Gasteiger partial charge in [-0.15, -0.1) is 0 Å². The molecule has 1 aromatic heterocycles. The molecule has 0 aromatic carbocycles. The van der Waals surface area contributed by atoms with Gasteiger partial charge in [0.15, 0.2) is 0 Å². The highest BCUT2D eigenvalue weighted by molar-refractivity contribution is 9.10. The molecule has 0 saturated heterocycles. The average molecular weight is 229 g/mol. The van der Waals surface area contributed by atoms with E-state index in [0.29, 0.717) is 0 Å². The lowest BCUT2D eigenvalue weighted by molar-refractivity contribution is 0.594. The third-order valence-electron chi connectivity index (χ3n) is 2.16. The van der Waals surface area contributed by atoms with Crippen molar-refractivity contribution in [3.63, 3.8) is 0 Å². The van der Waals surface area contributed by atoms with Crippen LogP contribution in [0.2, 0.25) is 0 Å². The standard InChI is InChI=1S/C9H13BrN2/c1-2-5-12-6-8(10)9(11-12)7-3-4-7/h6-7H,2-5H2,1H3. The summed E-state index contributed by atoms with van der Waals surface area (Å²) in [6, 6.07) is 0. The van der Waals surface area contributed by atoms with E-state index in [4.69, 9.17) is 0 Å². The Morgan fingerprint density at radius 3 is 3.00 bits per heavy atom. The molecule has 1 aromatic rings. The molecule has 1 aliphatic rings. The van der Waals surface area contributed by atoms with E-state index >= 15 is 0 Å². The molecule has 0 N–H and O–H groups in total. The summed E-state index contributed by atoms with van der Waals surface area (Å²) in [6.45, 7) is 3.21. The molecule has 0 unspecified atom stereocenters. The summed E-state index contributed by atoms with van der Waals surface area (Å²) in [5.74, 6) is 0.748. The van der Waals surface area contributed by atoms with Crippen LogP contribution in [0.3, 0.4) is 0 Å². The lowest BCUT2D eigenvalue weighted by Crippen LogP contribution is -1.97. The molecule has 1 fully saturated rings. The van der Waals surface area contributed by atoms with Crippen LogP contribution in [0, 0.1) is 0 Å². The van der Waals surface area contributed by atoms with Crippen LogP contribution in [0.25, 0.3) is 0 Å². The zero-order valence-electron chi connectivity index (χ0n) is 7.26. The summed E-state index contributed by atoms with van der Waals surface area (Å²) in [7, 11) is 0. The topological polar surface area (TPSA) is 17.8 Å². The first kappa shape index (κ1) is 8.30. The average Bonchev–Trinajstić information content (AvgIpc) is 2.79. The predicted octanol–water partition coefficient (Wildman–Crippen LogP) is 2.93. The molecule has 0 atom stereocenters. The molecule has 2 nitrogen and oxygen atoms in total. The fraction of sp³-hybridized carbons (Fsp3) is 0.667. The van der Waals surface area contributed by atoms with E-state index in [1.54, 1.807) is 0 Å². The SMILES string of the molecule is CCCn1cc(Br)c(C2CC2)n1. The van der Waals surface area contributed by atoms with Crippen molar-refractivity contribution in [1.29, 1.82) is 0 Å². The Bertz CT molecular complexity index is 276. The van der Waals surface area contributed by atoms with E-state index in [1.807, 2.05) is 4.68 Å². The van der Waals surface area contributed by atoms with E-state index in [2.05, 4.69) is 34.1 Å². The van der Waals surface area contributed by atoms with Crippen LogP contribution in [0.1, 0.15) is 37.8 Å². The van der Waals surface area contributed by atoms with E-state index in [9.17, 15) is 0 Å². The maximum Gasteiger partial charge on any atom is 0.0797 e. The first-order valence-electron chi connectivity index (χ1n) is 4.54. The summed E-state index contributed by atoms with van der Waals surface area (Å²) in [5.41, 5.74) is 1.27. The Morgan fingerprint density at radius 1 is 1.67 bits per heavy atom. The Hall–Kier alpha value is -0.310. The number of hydrogen-bond donors (Lipinski definition) is 0. The van der Waals surface area contributed by atoms with Crippen molar-refractivity contribution in [2.24, 2.45) is 0 Å². The van der Waals surface area contributed by atoms with Gasteiger partial charge in [-0.05, 0) is 35.2 Å². The maximum atomic E-state index is 4.53. The van der Waals surface area contributed by atoms with Crippen molar-refractivity contribution < 1.29 is 0 Å². The number of halogens is 1. The van der Waals surface area contributed by atoms with Crippen LogP contribution >= 0.6 is 15.9 Å². The zero-order chi connectivity index (χ0) is 8.55. The van der Waals surface area contributed by atoms with Crippen LogP contribution in [0.5, 0.6) is 0 Å². The lowest BCUT2D eigenvalue weighted by Gasteiger charge is -1.94. The lowest BCUT2D eigenvalue weighted by atomic mass is 10.3. The van der Waals surface area contributed by atoms with Gasteiger partial charge in [-0.2, -0.15) is 5.10 Å². The van der Waals surface area contributed by atoms with Gasteiger partial charge in [0.25, 0.3) is 0 Å². The Labute approximate surface area is 81.1 Å². The minimum Gasteiger partial charge on any atom is -0.271 e.